The van der Waals surface area contributed by atoms with E-state index in [0.717, 1.165) is 6.42 Å². The van der Waals surface area contributed by atoms with Gasteiger partial charge in [0, 0.05) is 13.7 Å². The van der Waals surface area contributed by atoms with Gasteiger partial charge in [-0.3, -0.25) is 0 Å². The maximum atomic E-state index is 5.28. The average molecular weight is 183 g/mol. The highest BCUT2D eigenvalue weighted by molar-refractivity contribution is 6.17. The highest BCUT2D eigenvalue weighted by Gasteiger charge is 1.88. The standard InChI is InChI=1S/C7H15ClO3/c1-9-5-6-10-3-2-4-11-7-8/h2-7H2,1H3. The van der Waals surface area contributed by atoms with Crippen molar-refractivity contribution in [3.63, 3.8) is 0 Å². The number of methoxy groups -OCH3 is 1. The highest BCUT2D eigenvalue weighted by Crippen LogP contribution is 1.86. The van der Waals surface area contributed by atoms with Gasteiger partial charge in [0.2, 0.25) is 0 Å². The number of ether oxygens (including phenoxy) is 3. The number of alkyl halides is 1. The van der Waals surface area contributed by atoms with Crippen molar-refractivity contribution in [1.82, 2.24) is 0 Å². The summed E-state index contributed by atoms with van der Waals surface area (Å²) in [7, 11) is 1.65. The fourth-order valence-corrected chi connectivity index (χ4v) is 0.671. The molecule has 0 unspecified atom stereocenters. The fraction of sp³-hybridized carbons (Fsp3) is 1.00. The molecule has 4 heteroatoms. The van der Waals surface area contributed by atoms with Crippen molar-refractivity contribution >= 4 is 11.6 Å². The molecule has 0 aliphatic heterocycles. The number of rotatable bonds is 8. The molecule has 0 saturated heterocycles. The van der Waals surface area contributed by atoms with Gasteiger partial charge in [-0.05, 0) is 6.42 Å². The SMILES string of the molecule is COCCOCCCOCCl. The Morgan fingerprint density at radius 2 is 1.73 bits per heavy atom. The van der Waals surface area contributed by atoms with Gasteiger partial charge < -0.3 is 14.2 Å². The molecule has 68 valence electrons. The Morgan fingerprint density at radius 3 is 2.36 bits per heavy atom. The maximum Gasteiger partial charge on any atom is 0.120 e. The summed E-state index contributed by atoms with van der Waals surface area (Å²) in [5.41, 5.74) is 0. The molecule has 11 heavy (non-hydrogen) atoms. The van der Waals surface area contributed by atoms with Crippen molar-refractivity contribution in [2.75, 3.05) is 39.6 Å². The monoisotopic (exact) mass is 182 g/mol. The largest absolute Gasteiger partial charge is 0.382 e. The van der Waals surface area contributed by atoms with Crippen molar-refractivity contribution in [2.24, 2.45) is 0 Å². The van der Waals surface area contributed by atoms with E-state index in [1.807, 2.05) is 0 Å². The maximum absolute atomic E-state index is 5.28. The van der Waals surface area contributed by atoms with E-state index in [1.54, 1.807) is 7.11 Å². The quantitative estimate of drug-likeness (QED) is 0.418. The lowest BCUT2D eigenvalue weighted by Gasteiger charge is -2.02. The first-order chi connectivity index (χ1) is 5.41. The van der Waals surface area contributed by atoms with E-state index in [9.17, 15) is 0 Å². The summed E-state index contributed by atoms with van der Waals surface area (Å²) < 4.78 is 14.9. The molecule has 0 aliphatic carbocycles. The Morgan fingerprint density at radius 1 is 1.00 bits per heavy atom. The molecule has 0 aromatic carbocycles. The Labute approximate surface area is 72.6 Å². The van der Waals surface area contributed by atoms with Crippen molar-refractivity contribution in [3.05, 3.63) is 0 Å². The second kappa shape index (κ2) is 10.2. The zero-order valence-corrected chi connectivity index (χ0v) is 7.60. The first-order valence-corrected chi connectivity index (χ1v) is 4.15. The van der Waals surface area contributed by atoms with E-state index in [2.05, 4.69) is 0 Å². The molecular formula is C7H15ClO3. The summed E-state index contributed by atoms with van der Waals surface area (Å²) >= 11 is 5.28. The Balaban J connectivity index is 2.69. The Kier molecular flexibility index (Phi) is 10.3. The topological polar surface area (TPSA) is 27.7 Å². The van der Waals surface area contributed by atoms with Gasteiger partial charge in [0.1, 0.15) is 6.07 Å². The van der Waals surface area contributed by atoms with E-state index in [0.29, 0.717) is 26.4 Å². The van der Waals surface area contributed by atoms with Crippen LogP contribution in [0.2, 0.25) is 0 Å². The van der Waals surface area contributed by atoms with Gasteiger partial charge in [0.15, 0.2) is 0 Å². The van der Waals surface area contributed by atoms with Gasteiger partial charge in [-0.25, -0.2) is 0 Å². The summed E-state index contributed by atoms with van der Waals surface area (Å²) in [6, 6.07) is 0.262. The average Bonchev–Trinajstić information content (AvgIpc) is 2.03. The van der Waals surface area contributed by atoms with E-state index in [1.165, 1.54) is 0 Å². The van der Waals surface area contributed by atoms with Crippen LogP contribution in [-0.2, 0) is 14.2 Å². The summed E-state index contributed by atoms with van der Waals surface area (Å²) in [5.74, 6) is 0. The molecule has 0 bridgehead atoms. The normalized spacial score (nSPS) is 10.4. The third-order valence-corrected chi connectivity index (χ3v) is 1.24. The van der Waals surface area contributed by atoms with E-state index < -0.39 is 0 Å². The van der Waals surface area contributed by atoms with Crippen LogP contribution in [-0.4, -0.2) is 39.6 Å². The van der Waals surface area contributed by atoms with Crippen molar-refractivity contribution in [1.29, 1.82) is 0 Å². The number of halogens is 1. The zero-order chi connectivity index (χ0) is 8.36. The predicted molar refractivity (Wildman–Crippen MR) is 44.0 cm³/mol. The lowest BCUT2D eigenvalue weighted by atomic mass is 10.5. The smallest absolute Gasteiger partial charge is 0.120 e. The molecule has 0 aliphatic rings. The lowest BCUT2D eigenvalue weighted by Crippen LogP contribution is -2.05. The van der Waals surface area contributed by atoms with Crippen LogP contribution in [0.15, 0.2) is 0 Å². The van der Waals surface area contributed by atoms with Gasteiger partial charge in [-0.15, -0.1) is 0 Å². The third kappa shape index (κ3) is 10.2. The molecule has 0 rings (SSSR count). The Hall–Kier alpha value is 0.170. The summed E-state index contributed by atoms with van der Waals surface area (Å²) in [6.07, 6.45) is 0.885. The number of hydrogen-bond acceptors (Lipinski definition) is 3. The first kappa shape index (κ1) is 11.2. The second-order valence-corrected chi connectivity index (χ2v) is 2.19. The molecule has 0 aromatic rings. The minimum Gasteiger partial charge on any atom is -0.382 e. The van der Waals surface area contributed by atoms with Gasteiger partial charge in [-0.2, -0.15) is 0 Å². The van der Waals surface area contributed by atoms with Crippen LogP contribution < -0.4 is 0 Å². The van der Waals surface area contributed by atoms with Crippen LogP contribution in [0.4, 0.5) is 0 Å². The first-order valence-electron chi connectivity index (χ1n) is 3.62. The van der Waals surface area contributed by atoms with Crippen LogP contribution in [0.25, 0.3) is 0 Å². The third-order valence-electron chi connectivity index (χ3n) is 1.09. The van der Waals surface area contributed by atoms with Crippen LogP contribution in [0.3, 0.4) is 0 Å². The molecular weight excluding hydrogens is 168 g/mol. The molecule has 0 aromatic heterocycles. The van der Waals surface area contributed by atoms with E-state index >= 15 is 0 Å². The minimum atomic E-state index is 0.262. The van der Waals surface area contributed by atoms with Gasteiger partial charge in [-0.1, -0.05) is 11.6 Å². The van der Waals surface area contributed by atoms with Crippen molar-refractivity contribution in [3.8, 4) is 0 Å². The molecule has 0 saturated carbocycles. The fourth-order valence-electron chi connectivity index (χ4n) is 0.562. The molecule has 0 heterocycles. The van der Waals surface area contributed by atoms with E-state index in [-0.39, 0.29) is 6.07 Å². The molecule has 0 spiro atoms. The van der Waals surface area contributed by atoms with Crippen LogP contribution in [0, 0.1) is 0 Å². The lowest BCUT2D eigenvalue weighted by molar-refractivity contribution is 0.0569. The van der Waals surface area contributed by atoms with Gasteiger partial charge in [0.25, 0.3) is 0 Å². The molecule has 0 fully saturated rings. The minimum absolute atomic E-state index is 0.262. The number of hydrogen-bond donors (Lipinski definition) is 0. The molecule has 3 nitrogen and oxygen atoms in total. The predicted octanol–water partition coefficient (Wildman–Crippen LogP) is 1.25. The van der Waals surface area contributed by atoms with Crippen LogP contribution >= 0.6 is 11.6 Å². The summed E-state index contributed by atoms with van der Waals surface area (Å²) in [4.78, 5) is 0. The molecule has 0 atom stereocenters. The second-order valence-electron chi connectivity index (χ2n) is 1.98. The summed E-state index contributed by atoms with van der Waals surface area (Å²) in [5, 5.41) is 0. The zero-order valence-electron chi connectivity index (χ0n) is 6.85. The van der Waals surface area contributed by atoms with Gasteiger partial charge >= 0.3 is 0 Å². The van der Waals surface area contributed by atoms with E-state index in [4.69, 9.17) is 25.8 Å². The molecule has 0 N–H and O–H groups in total. The van der Waals surface area contributed by atoms with Crippen molar-refractivity contribution in [2.45, 2.75) is 6.42 Å². The van der Waals surface area contributed by atoms with Crippen LogP contribution in [0.1, 0.15) is 6.42 Å². The highest BCUT2D eigenvalue weighted by atomic mass is 35.5. The van der Waals surface area contributed by atoms with Gasteiger partial charge in [0.05, 0.1) is 19.8 Å². The molecule has 0 radical (unpaired) electrons. The molecule has 0 amide bonds. The Bertz CT molecular complexity index is 62.7. The summed E-state index contributed by atoms with van der Waals surface area (Å²) in [6.45, 7) is 2.67. The van der Waals surface area contributed by atoms with Crippen LogP contribution in [0.5, 0.6) is 0 Å². The van der Waals surface area contributed by atoms with Crippen molar-refractivity contribution < 1.29 is 14.2 Å².